The van der Waals surface area contributed by atoms with E-state index in [2.05, 4.69) is 4.74 Å². The number of ketones is 1. The van der Waals surface area contributed by atoms with Gasteiger partial charge in [0.25, 0.3) is 0 Å². The highest BCUT2D eigenvalue weighted by Crippen LogP contribution is 2.30. The van der Waals surface area contributed by atoms with Crippen molar-refractivity contribution in [2.24, 2.45) is 0 Å². The van der Waals surface area contributed by atoms with Crippen LogP contribution in [0, 0.1) is 0 Å². The van der Waals surface area contributed by atoms with Crippen LogP contribution < -0.4 is 9.47 Å². The fourth-order valence-electron chi connectivity index (χ4n) is 2.85. The van der Waals surface area contributed by atoms with Gasteiger partial charge in [-0.15, -0.1) is 0 Å². The second-order valence-electron chi connectivity index (χ2n) is 6.59. The predicted octanol–water partition coefficient (Wildman–Crippen LogP) is 4.48. The quantitative estimate of drug-likeness (QED) is 0.547. The molecule has 2 aromatic rings. The standard InChI is InChI=1S/C22H25F2NO4/c1-4-15-5-8-17(9-6-15)18(26)10-12-21(27)25(2)14-16-7-11-19(28-3)20(13-16)29-22(23)24/h5-9,11,13,22H,4,10,12,14H2,1-3H3. The number of carbonyl (C=O) groups is 2. The molecule has 5 nitrogen and oxygen atoms in total. The summed E-state index contributed by atoms with van der Waals surface area (Å²) in [7, 11) is 2.95. The first-order chi connectivity index (χ1) is 13.8. The summed E-state index contributed by atoms with van der Waals surface area (Å²) in [5.74, 6) is -0.212. The van der Waals surface area contributed by atoms with Crippen molar-refractivity contribution in [2.75, 3.05) is 14.2 Å². The lowest BCUT2D eigenvalue weighted by atomic mass is 10.0. The van der Waals surface area contributed by atoms with Crippen molar-refractivity contribution >= 4 is 11.7 Å². The smallest absolute Gasteiger partial charge is 0.387 e. The van der Waals surface area contributed by atoms with E-state index in [4.69, 9.17) is 4.74 Å². The third-order valence-electron chi connectivity index (χ3n) is 4.54. The molecule has 0 saturated carbocycles. The van der Waals surface area contributed by atoms with Crippen LogP contribution in [0.2, 0.25) is 0 Å². The van der Waals surface area contributed by atoms with E-state index in [1.165, 1.54) is 24.1 Å². The number of Topliss-reactive ketones (excluding diaryl/α,β-unsaturated/α-hetero) is 1. The van der Waals surface area contributed by atoms with E-state index in [1.807, 2.05) is 19.1 Å². The molecule has 0 unspecified atom stereocenters. The topological polar surface area (TPSA) is 55.8 Å². The Labute approximate surface area is 169 Å². The van der Waals surface area contributed by atoms with Gasteiger partial charge < -0.3 is 14.4 Å². The Morgan fingerprint density at radius 2 is 1.66 bits per heavy atom. The molecule has 0 heterocycles. The van der Waals surface area contributed by atoms with E-state index in [1.54, 1.807) is 25.2 Å². The van der Waals surface area contributed by atoms with Gasteiger partial charge in [0.2, 0.25) is 5.91 Å². The highest BCUT2D eigenvalue weighted by atomic mass is 19.3. The molecule has 0 atom stereocenters. The Kier molecular flexibility index (Phi) is 8.12. The monoisotopic (exact) mass is 405 g/mol. The molecule has 0 fully saturated rings. The molecule has 2 rings (SSSR count). The van der Waals surface area contributed by atoms with Crippen LogP contribution in [0.4, 0.5) is 8.78 Å². The van der Waals surface area contributed by atoms with Gasteiger partial charge >= 0.3 is 6.61 Å². The normalized spacial score (nSPS) is 10.7. The number of hydrogen-bond donors (Lipinski definition) is 0. The van der Waals surface area contributed by atoms with Crippen LogP contribution in [0.3, 0.4) is 0 Å². The number of benzene rings is 2. The molecule has 29 heavy (non-hydrogen) atoms. The van der Waals surface area contributed by atoms with Crippen LogP contribution in [0.1, 0.15) is 41.3 Å². The number of rotatable bonds is 10. The zero-order valence-electron chi connectivity index (χ0n) is 16.8. The van der Waals surface area contributed by atoms with Crippen LogP contribution in [0.15, 0.2) is 42.5 Å². The lowest BCUT2D eigenvalue weighted by Gasteiger charge is -2.18. The summed E-state index contributed by atoms with van der Waals surface area (Å²) in [6.07, 6.45) is 1.07. The molecule has 2 aromatic carbocycles. The third kappa shape index (κ3) is 6.55. The van der Waals surface area contributed by atoms with Gasteiger partial charge in [-0.05, 0) is 29.7 Å². The van der Waals surface area contributed by atoms with Crippen molar-refractivity contribution < 1.29 is 27.8 Å². The number of carbonyl (C=O) groups excluding carboxylic acids is 2. The summed E-state index contributed by atoms with van der Waals surface area (Å²) in [6, 6.07) is 12.0. The number of alkyl halides is 2. The van der Waals surface area contributed by atoms with Crippen LogP contribution >= 0.6 is 0 Å². The fraction of sp³-hybridized carbons (Fsp3) is 0.364. The second kappa shape index (κ2) is 10.5. The molecule has 156 valence electrons. The number of ether oxygens (including phenoxy) is 2. The summed E-state index contributed by atoms with van der Waals surface area (Å²) in [6.45, 7) is -0.741. The largest absolute Gasteiger partial charge is 0.493 e. The maximum absolute atomic E-state index is 12.5. The van der Waals surface area contributed by atoms with Gasteiger partial charge in [-0.2, -0.15) is 8.78 Å². The molecule has 0 aliphatic heterocycles. The van der Waals surface area contributed by atoms with Gasteiger partial charge in [0.05, 0.1) is 7.11 Å². The average molecular weight is 405 g/mol. The minimum absolute atomic E-state index is 0.0708. The molecule has 7 heteroatoms. The number of halogens is 2. The number of hydrogen-bond acceptors (Lipinski definition) is 4. The van der Waals surface area contributed by atoms with E-state index in [-0.39, 0.29) is 42.6 Å². The zero-order chi connectivity index (χ0) is 21.4. The Morgan fingerprint density at radius 1 is 1.00 bits per heavy atom. The Hall–Kier alpha value is -2.96. The number of methoxy groups -OCH3 is 1. The lowest BCUT2D eigenvalue weighted by molar-refractivity contribution is -0.130. The molecule has 0 aromatic heterocycles. The third-order valence-corrected chi connectivity index (χ3v) is 4.54. The Bertz CT molecular complexity index is 837. The highest BCUT2D eigenvalue weighted by Gasteiger charge is 2.16. The van der Waals surface area contributed by atoms with Gasteiger partial charge in [-0.1, -0.05) is 37.3 Å². The number of aryl methyl sites for hydroxylation is 1. The van der Waals surface area contributed by atoms with Crippen molar-refractivity contribution in [1.82, 2.24) is 4.90 Å². The van der Waals surface area contributed by atoms with Gasteiger partial charge in [-0.3, -0.25) is 9.59 Å². The summed E-state index contributed by atoms with van der Waals surface area (Å²) < 4.78 is 34.5. The molecule has 0 aliphatic rings. The molecular formula is C22H25F2NO4. The minimum atomic E-state index is -2.98. The predicted molar refractivity (Wildman–Crippen MR) is 105 cm³/mol. The molecule has 1 amide bonds. The number of amides is 1. The van der Waals surface area contributed by atoms with E-state index in [0.29, 0.717) is 11.1 Å². The van der Waals surface area contributed by atoms with Crippen molar-refractivity contribution in [3.63, 3.8) is 0 Å². The average Bonchev–Trinajstić information content (AvgIpc) is 2.71. The molecule has 0 spiro atoms. The molecule has 0 saturated heterocycles. The van der Waals surface area contributed by atoms with Crippen LogP contribution in [0.5, 0.6) is 11.5 Å². The summed E-state index contributed by atoms with van der Waals surface area (Å²) in [5, 5.41) is 0. The van der Waals surface area contributed by atoms with E-state index >= 15 is 0 Å². The van der Waals surface area contributed by atoms with E-state index < -0.39 is 6.61 Å². The molecule has 0 aliphatic carbocycles. The molecule has 0 radical (unpaired) electrons. The first-order valence-electron chi connectivity index (χ1n) is 9.31. The van der Waals surface area contributed by atoms with E-state index in [0.717, 1.165) is 12.0 Å². The first kappa shape index (κ1) is 22.3. The van der Waals surface area contributed by atoms with Crippen LogP contribution in [-0.2, 0) is 17.8 Å². The molecular weight excluding hydrogens is 380 g/mol. The first-order valence-corrected chi connectivity index (χ1v) is 9.31. The Morgan fingerprint density at radius 3 is 2.24 bits per heavy atom. The van der Waals surface area contributed by atoms with Gasteiger partial charge in [-0.25, -0.2) is 0 Å². The lowest BCUT2D eigenvalue weighted by Crippen LogP contribution is -2.26. The van der Waals surface area contributed by atoms with Crippen molar-refractivity contribution in [1.29, 1.82) is 0 Å². The second-order valence-corrected chi connectivity index (χ2v) is 6.59. The maximum Gasteiger partial charge on any atom is 0.387 e. The Balaban J connectivity index is 1.93. The zero-order valence-corrected chi connectivity index (χ0v) is 16.8. The van der Waals surface area contributed by atoms with E-state index in [9.17, 15) is 18.4 Å². The van der Waals surface area contributed by atoms with Crippen LogP contribution in [0.25, 0.3) is 0 Å². The summed E-state index contributed by atoms with van der Waals surface area (Å²) in [4.78, 5) is 26.1. The van der Waals surface area contributed by atoms with Crippen molar-refractivity contribution in [2.45, 2.75) is 39.3 Å². The molecule has 0 bridgehead atoms. The maximum atomic E-state index is 12.5. The van der Waals surface area contributed by atoms with Crippen molar-refractivity contribution in [3.8, 4) is 11.5 Å². The SMILES string of the molecule is CCc1ccc(C(=O)CCC(=O)N(C)Cc2ccc(OC)c(OC(F)F)c2)cc1. The van der Waals surface area contributed by atoms with Gasteiger partial charge in [0.1, 0.15) is 0 Å². The van der Waals surface area contributed by atoms with Gasteiger partial charge in [0.15, 0.2) is 17.3 Å². The minimum Gasteiger partial charge on any atom is -0.493 e. The molecule has 0 N–H and O–H groups in total. The van der Waals surface area contributed by atoms with Crippen LogP contribution in [-0.4, -0.2) is 37.4 Å². The number of nitrogens with zero attached hydrogens (tertiary/aromatic N) is 1. The fourth-order valence-corrected chi connectivity index (χ4v) is 2.85. The summed E-state index contributed by atoms with van der Waals surface area (Å²) in [5.41, 5.74) is 2.34. The van der Waals surface area contributed by atoms with Gasteiger partial charge in [0, 0.05) is 32.0 Å². The highest BCUT2D eigenvalue weighted by molar-refractivity contribution is 5.97. The summed E-state index contributed by atoms with van der Waals surface area (Å²) >= 11 is 0. The van der Waals surface area contributed by atoms with Crippen molar-refractivity contribution in [3.05, 3.63) is 59.2 Å².